The van der Waals surface area contributed by atoms with E-state index in [1.807, 2.05) is 0 Å². The van der Waals surface area contributed by atoms with Crippen LogP contribution in [0.3, 0.4) is 0 Å². The van der Waals surface area contributed by atoms with Crippen molar-refractivity contribution in [3.8, 4) is 0 Å². The zero-order valence-electron chi connectivity index (χ0n) is 35.7. The Morgan fingerprint density at radius 3 is 1.41 bits per heavy atom. The molecule has 28 heteroatoms. The number of ether oxygens (including phenoxy) is 11. The first-order chi connectivity index (χ1) is 31.4. The van der Waals surface area contributed by atoms with Crippen LogP contribution in [0, 0.1) is 0 Å². The van der Waals surface area contributed by atoms with Gasteiger partial charge in [0.15, 0.2) is 31.5 Å². The maximum atomic E-state index is 12.4. The van der Waals surface area contributed by atoms with Gasteiger partial charge in [-0.25, -0.2) is 0 Å². The van der Waals surface area contributed by atoms with Crippen LogP contribution in [0.4, 0.5) is 0 Å². The Kier molecular flexibility index (Phi) is 21.2. The predicted molar refractivity (Wildman–Crippen MR) is 207 cm³/mol. The van der Waals surface area contributed by atoms with Gasteiger partial charge in [-0.3, -0.25) is 4.79 Å². The van der Waals surface area contributed by atoms with E-state index in [0.29, 0.717) is 0 Å². The number of aliphatic hydroxyl groups is 15. The molecule has 25 atom stereocenters. The van der Waals surface area contributed by atoms with E-state index in [1.165, 1.54) is 6.08 Å². The van der Waals surface area contributed by atoms with E-state index in [9.17, 15) is 81.4 Å². The second kappa shape index (κ2) is 25.3. The van der Waals surface area contributed by atoms with Crippen LogP contribution in [0.5, 0.6) is 0 Å². The Morgan fingerprint density at radius 1 is 0.485 bits per heavy atom. The fourth-order valence-electron chi connectivity index (χ4n) is 8.01. The van der Waals surface area contributed by atoms with Gasteiger partial charge < -0.3 is 134 Å². The highest BCUT2D eigenvalue weighted by Gasteiger charge is 2.54. The van der Waals surface area contributed by atoms with Crippen LogP contribution >= 0.6 is 0 Å². The Balaban J connectivity index is 1.30. The molecule has 0 unspecified atom stereocenters. The molecule has 66 heavy (non-hydrogen) atoms. The Morgan fingerprint density at radius 2 is 0.909 bits per heavy atom. The van der Waals surface area contributed by atoms with Crippen LogP contribution in [0.25, 0.3) is 0 Å². The zero-order valence-corrected chi connectivity index (χ0v) is 35.7. The van der Waals surface area contributed by atoms with E-state index in [0.717, 1.165) is 6.92 Å². The van der Waals surface area contributed by atoms with Crippen LogP contribution in [0.15, 0.2) is 12.7 Å². The summed E-state index contributed by atoms with van der Waals surface area (Å²) >= 11 is 0. The van der Waals surface area contributed by atoms with Crippen molar-refractivity contribution in [1.29, 1.82) is 0 Å². The van der Waals surface area contributed by atoms with Crippen molar-refractivity contribution in [3.63, 3.8) is 0 Å². The van der Waals surface area contributed by atoms with Crippen LogP contribution in [-0.2, 0) is 56.9 Å². The maximum Gasteiger partial charge on any atom is 0.217 e. The number of hydrogen-bond donors (Lipinski definition) is 16. The summed E-state index contributed by atoms with van der Waals surface area (Å²) in [6.45, 7) is 0.233. The summed E-state index contributed by atoms with van der Waals surface area (Å²) in [4.78, 5) is 12.4. The average molecular weight is 968 g/mol. The Bertz CT molecular complexity index is 1470. The van der Waals surface area contributed by atoms with Crippen molar-refractivity contribution >= 4 is 5.91 Å². The molecule has 0 saturated carbocycles. The van der Waals surface area contributed by atoms with Crippen LogP contribution in [0.2, 0.25) is 0 Å². The van der Waals surface area contributed by atoms with E-state index in [-0.39, 0.29) is 26.2 Å². The van der Waals surface area contributed by atoms with E-state index in [1.54, 1.807) is 0 Å². The molecule has 5 heterocycles. The Hall–Kier alpha value is -1.83. The third kappa shape index (κ3) is 12.7. The summed E-state index contributed by atoms with van der Waals surface area (Å²) in [5, 5.41) is 160. The molecule has 28 nitrogen and oxygen atoms in total. The van der Waals surface area contributed by atoms with Crippen molar-refractivity contribution in [1.82, 2.24) is 5.32 Å². The topological polar surface area (TPSA) is 434 Å². The molecular formula is C38H65NO27. The lowest BCUT2D eigenvalue weighted by Crippen LogP contribution is -2.68. The third-order valence-corrected chi connectivity index (χ3v) is 11.6. The summed E-state index contributed by atoms with van der Waals surface area (Å²) in [6.07, 6.45) is -38.9. The molecule has 16 N–H and O–H groups in total. The monoisotopic (exact) mass is 967 g/mol. The quantitative estimate of drug-likeness (QED) is 0.0375. The van der Waals surface area contributed by atoms with Gasteiger partial charge >= 0.3 is 0 Å². The van der Waals surface area contributed by atoms with Gasteiger partial charge in [0, 0.05) is 13.5 Å². The summed E-state index contributed by atoms with van der Waals surface area (Å²) in [5.74, 6) is -0.695. The molecule has 5 aliphatic heterocycles. The number of hydrogen-bond acceptors (Lipinski definition) is 27. The lowest BCUT2D eigenvalue weighted by atomic mass is 9.95. The molecule has 0 radical (unpaired) electrons. The molecule has 0 aromatic rings. The molecule has 5 fully saturated rings. The molecule has 1 amide bonds. The molecule has 5 aliphatic rings. The van der Waals surface area contributed by atoms with Crippen LogP contribution in [-0.4, -0.2) is 289 Å². The molecule has 0 aliphatic carbocycles. The predicted octanol–water partition coefficient (Wildman–Crippen LogP) is -10.2. The van der Waals surface area contributed by atoms with Gasteiger partial charge in [0.05, 0.1) is 46.2 Å². The van der Waals surface area contributed by atoms with Gasteiger partial charge in [-0.2, -0.15) is 0 Å². The number of nitrogens with one attached hydrogen (secondary N) is 1. The molecule has 0 spiro atoms. The number of amides is 1. The number of carbonyl (C=O) groups excluding carboxylic acids is 1. The van der Waals surface area contributed by atoms with E-state index >= 15 is 0 Å². The maximum absolute atomic E-state index is 12.4. The van der Waals surface area contributed by atoms with Crippen LogP contribution < -0.4 is 5.32 Å². The molecule has 5 rings (SSSR count). The first kappa shape index (κ1) is 55.1. The average Bonchev–Trinajstić information content (AvgIpc) is 3.30. The van der Waals surface area contributed by atoms with Gasteiger partial charge in [-0.05, 0) is 6.42 Å². The largest absolute Gasteiger partial charge is 0.394 e. The van der Waals surface area contributed by atoms with Crippen LogP contribution in [0.1, 0.15) is 13.3 Å². The van der Waals surface area contributed by atoms with Gasteiger partial charge in [0.1, 0.15) is 122 Å². The summed E-state index contributed by atoms with van der Waals surface area (Å²) < 4.78 is 62.4. The minimum absolute atomic E-state index is 0.0168. The fourth-order valence-corrected chi connectivity index (χ4v) is 8.01. The van der Waals surface area contributed by atoms with Crippen molar-refractivity contribution in [3.05, 3.63) is 12.7 Å². The highest BCUT2D eigenvalue weighted by molar-refractivity contribution is 5.73. The summed E-state index contributed by atoms with van der Waals surface area (Å²) in [5.41, 5.74) is 0. The lowest BCUT2D eigenvalue weighted by molar-refractivity contribution is -0.369. The van der Waals surface area contributed by atoms with Crippen molar-refractivity contribution in [2.45, 2.75) is 167 Å². The first-order valence-electron chi connectivity index (χ1n) is 21.3. The summed E-state index contributed by atoms with van der Waals surface area (Å²) in [6, 6.07) is -1.47. The number of aliphatic hydroxyl groups excluding tert-OH is 15. The SMILES string of the molecule is C=CCO[C@@H]1O[C@H](CO)[C@@H](OCCCO[C@@H]2O[C@H](CO[C@@H]3O[C@H](CO)[C@@H](O[C@@H]4O[C@H](CO)[C@H](O)[C@H](O)[C@H]4O)[C@H](O)[C@H]3O)[C@@H](O[C@@H]3O[C@H](CO)[C@H](O)[C@H](O)[C@H]3O)[C@H](O)[C@H]2NC(C)=O)[C@H](O)[C@H]1O. The molecule has 0 aromatic heterocycles. The number of carbonyl (C=O) groups is 1. The summed E-state index contributed by atoms with van der Waals surface area (Å²) in [7, 11) is 0. The highest BCUT2D eigenvalue weighted by atomic mass is 16.8. The van der Waals surface area contributed by atoms with Crippen molar-refractivity contribution < 1.29 is 133 Å². The smallest absolute Gasteiger partial charge is 0.217 e. The van der Waals surface area contributed by atoms with Gasteiger partial charge in [0.25, 0.3) is 0 Å². The zero-order chi connectivity index (χ0) is 48.6. The van der Waals surface area contributed by atoms with Gasteiger partial charge in [0.2, 0.25) is 5.91 Å². The van der Waals surface area contributed by atoms with Crippen molar-refractivity contribution in [2.24, 2.45) is 0 Å². The molecule has 5 saturated heterocycles. The van der Waals surface area contributed by atoms with Crippen molar-refractivity contribution in [2.75, 3.05) is 52.9 Å². The number of rotatable bonds is 21. The molecule has 0 bridgehead atoms. The molecule has 384 valence electrons. The second-order valence-electron chi connectivity index (χ2n) is 16.3. The fraction of sp³-hybridized carbons (Fsp3) is 0.921. The van der Waals surface area contributed by atoms with E-state index in [4.69, 9.17) is 52.1 Å². The first-order valence-corrected chi connectivity index (χ1v) is 21.3. The molecular weight excluding hydrogens is 902 g/mol. The third-order valence-electron chi connectivity index (χ3n) is 11.6. The second-order valence-corrected chi connectivity index (χ2v) is 16.3. The minimum atomic E-state index is -2.02. The molecule has 0 aromatic carbocycles. The van der Waals surface area contributed by atoms with E-state index < -0.39 is 192 Å². The minimum Gasteiger partial charge on any atom is -0.394 e. The highest BCUT2D eigenvalue weighted by Crippen LogP contribution is 2.33. The Labute approximate surface area is 376 Å². The standard InChI is InChI=1S/C38H65NO27/c1-3-5-57-35-29(54)25(50)31(16(10-42)62-35)56-6-4-7-58-34-19(39-13(2)44)22(47)33(66-38-28(53)24(49)21(46)15(9-41)61-38)18(64-34)12-59-36-30(55)26(51)32(17(11-43)63-36)65-37-27(52)23(48)20(45)14(8-40)60-37/h3,14-38,40-43,45-55H,1,4-12H2,2H3,(H,39,44)/t14-,15-,16-,17-,18-,19-,20+,21+,22-,23+,24+,25-,26-,27-,28-,29-,30-,31-,32-,33-,34-,35-,36-,37+,38+/m1/s1. The normalized spacial score (nSPS) is 46.8. The van der Waals surface area contributed by atoms with Gasteiger partial charge in [-0.1, -0.05) is 6.08 Å². The van der Waals surface area contributed by atoms with Gasteiger partial charge in [-0.15, -0.1) is 6.58 Å². The van der Waals surface area contributed by atoms with E-state index in [2.05, 4.69) is 11.9 Å². The lowest BCUT2D eigenvalue weighted by Gasteiger charge is -2.48.